The van der Waals surface area contributed by atoms with Crippen LogP contribution < -0.4 is 0 Å². The summed E-state index contributed by atoms with van der Waals surface area (Å²) in [4.78, 5) is 0. The van der Waals surface area contributed by atoms with E-state index in [2.05, 4.69) is 61.8 Å². The molecule has 0 amide bonds. The quantitative estimate of drug-likeness (QED) is 0.553. The molecule has 2 nitrogen and oxygen atoms in total. The van der Waals surface area contributed by atoms with Crippen LogP contribution in [0.4, 0.5) is 0 Å². The van der Waals surface area contributed by atoms with Gasteiger partial charge in [0.1, 0.15) is 0 Å². The van der Waals surface area contributed by atoms with Gasteiger partial charge in [0.05, 0.1) is 11.2 Å². The third-order valence-electron chi connectivity index (χ3n) is 7.11. The average Bonchev–Trinajstić information content (AvgIpc) is 2.79. The standard InChI is InChI=1S/C22H26BBrO2/c1-21(2)22(3,4)26-23(25-21)17-9-13-5-7-15-11-18(24)12-16-8-6-14(10-17)19(13)20(15)16/h9,11-12,14H,5-8,10H2,1-4H3. The van der Waals surface area contributed by atoms with Crippen molar-refractivity contribution < 1.29 is 9.31 Å². The van der Waals surface area contributed by atoms with Crippen LogP contribution in [0.15, 0.2) is 33.7 Å². The van der Waals surface area contributed by atoms with Gasteiger partial charge in [-0.3, -0.25) is 0 Å². The first-order valence-electron chi connectivity index (χ1n) is 9.86. The maximum absolute atomic E-state index is 6.36. The summed E-state index contributed by atoms with van der Waals surface area (Å²) in [7, 11) is -0.193. The molecule has 1 aromatic carbocycles. The van der Waals surface area contributed by atoms with E-state index < -0.39 is 0 Å². The zero-order valence-electron chi connectivity index (χ0n) is 16.1. The largest absolute Gasteiger partial charge is 0.490 e. The summed E-state index contributed by atoms with van der Waals surface area (Å²) >= 11 is 3.70. The van der Waals surface area contributed by atoms with Crippen LogP contribution in [0, 0.1) is 5.92 Å². The Hall–Kier alpha value is -0.835. The first kappa shape index (κ1) is 17.3. The molecule has 0 radical (unpaired) electrons. The molecule has 0 saturated carbocycles. The van der Waals surface area contributed by atoms with E-state index in [0.717, 1.165) is 19.3 Å². The molecule has 1 atom stereocenters. The van der Waals surface area contributed by atoms with Crippen LogP contribution in [0.3, 0.4) is 0 Å². The minimum absolute atomic E-state index is 0.193. The van der Waals surface area contributed by atoms with Crippen molar-refractivity contribution in [2.75, 3.05) is 0 Å². The van der Waals surface area contributed by atoms with Gasteiger partial charge in [-0.05, 0) is 111 Å². The summed E-state index contributed by atoms with van der Waals surface area (Å²) in [5.74, 6) is 0.622. The minimum atomic E-state index is -0.266. The van der Waals surface area contributed by atoms with Crippen molar-refractivity contribution in [1.82, 2.24) is 0 Å². The number of aryl methyl sites for hydroxylation is 2. The Kier molecular flexibility index (Phi) is 3.71. The Bertz CT molecular complexity index is 849. The fourth-order valence-electron chi connectivity index (χ4n) is 5.05. The SMILES string of the molecule is CC1(C)OB(C2=CC3=C4c5c(cc(Br)cc5CCC4C2)CC3)OC1(C)C. The molecular weight excluding hydrogens is 387 g/mol. The lowest BCUT2D eigenvalue weighted by Crippen LogP contribution is -2.41. The molecule has 1 fully saturated rings. The van der Waals surface area contributed by atoms with Crippen LogP contribution in [-0.2, 0) is 22.2 Å². The van der Waals surface area contributed by atoms with Crippen molar-refractivity contribution in [3.63, 3.8) is 0 Å². The molecule has 3 aliphatic carbocycles. The molecule has 0 aromatic heterocycles. The maximum Gasteiger partial charge on any atom is 0.490 e. The van der Waals surface area contributed by atoms with Crippen LogP contribution >= 0.6 is 15.9 Å². The topological polar surface area (TPSA) is 18.5 Å². The molecule has 136 valence electrons. The number of allylic oxidation sites excluding steroid dienone is 4. The Balaban J connectivity index is 1.57. The Morgan fingerprint density at radius 3 is 2.35 bits per heavy atom. The summed E-state index contributed by atoms with van der Waals surface area (Å²) in [6.45, 7) is 8.57. The van der Waals surface area contributed by atoms with Crippen molar-refractivity contribution in [2.45, 2.75) is 71.0 Å². The van der Waals surface area contributed by atoms with Gasteiger partial charge in [-0.2, -0.15) is 0 Å². The third kappa shape index (κ3) is 2.45. The molecule has 5 rings (SSSR count). The summed E-state index contributed by atoms with van der Waals surface area (Å²) in [6, 6.07) is 4.66. The van der Waals surface area contributed by atoms with Crippen molar-refractivity contribution in [3.05, 3.63) is 50.4 Å². The molecular formula is C22H26BBrO2. The van der Waals surface area contributed by atoms with Crippen molar-refractivity contribution in [2.24, 2.45) is 5.92 Å². The first-order chi connectivity index (χ1) is 12.2. The molecule has 1 aliphatic heterocycles. The molecule has 4 heteroatoms. The number of benzene rings is 1. The second-order valence-electron chi connectivity index (χ2n) is 9.29. The third-order valence-corrected chi connectivity index (χ3v) is 7.57. The van der Waals surface area contributed by atoms with E-state index in [1.54, 1.807) is 11.1 Å². The van der Waals surface area contributed by atoms with Gasteiger partial charge < -0.3 is 9.31 Å². The van der Waals surface area contributed by atoms with Crippen molar-refractivity contribution in [3.8, 4) is 0 Å². The smallest absolute Gasteiger partial charge is 0.400 e. The minimum Gasteiger partial charge on any atom is -0.400 e. The highest BCUT2D eigenvalue weighted by molar-refractivity contribution is 9.10. The average molecular weight is 413 g/mol. The Labute approximate surface area is 165 Å². The lowest BCUT2D eigenvalue weighted by atomic mass is 9.61. The zero-order valence-corrected chi connectivity index (χ0v) is 17.7. The fourth-order valence-corrected chi connectivity index (χ4v) is 5.60. The predicted molar refractivity (Wildman–Crippen MR) is 110 cm³/mol. The summed E-state index contributed by atoms with van der Waals surface area (Å²) < 4.78 is 13.9. The molecule has 1 saturated heterocycles. The molecule has 0 N–H and O–H groups in total. The number of halogens is 1. The maximum atomic E-state index is 6.36. The lowest BCUT2D eigenvalue weighted by molar-refractivity contribution is 0.00578. The van der Waals surface area contributed by atoms with Gasteiger partial charge in [-0.25, -0.2) is 0 Å². The van der Waals surface area contributed by atoms with E-state index in [9.17, 15) is 0 Å². The molecule has 0 spiro atoms. The Morgan fingerprint density at radius 2 is 1.65 bits per heavy atom. The van der Waals surface area contributed by atoms with Gasteiger partial charge in [0.25, 0.3) is 0 Å². The molecule has 1 heterocycles. The van der Waals surface area contributed by atoms with Gasteiger partial charge in [0.15, 0.2) is 0 Å². The van der Waals surface area contributed by atoms with E-state index >= 15 is 0 Å². The first-order valence-corrected chi connectivity index (χ1v) is 10.7. The Morgan fingerprint density at radius 1 is 1.00 bits per heavy atom. The highest BCUT2D eigenvalue weighted by Crippen LogP contribution is 2.51. The molecule has 0 bridgehead atoms. The second-order valence-corrected chi connectivity index (χ2v) is 10.2. The molecule has 4 aliphatic rings. The van der Waals surface area contributed by atoms with E-state index in [-0.39, 0.29) is 18.3 Å². The number of hydrogen-bond acceptors (Lipinski definition) is 2. The van der Waals surface area contributed by atoms with E-state index in [1.807, 2.05) is 0 Å². The van der Waals surface area contributed by atoms with Gasteiger partial charge in [-0.1, -0.05) is 22.0 Å². The van der Waals surface area contributed by atoms with Crippen molar-refractivity contribution in [1.29, 1.82) is 0 Å². The normalized spacial score (nSPS) is 28.1. The summed E-state index contributed by atoms with van der Waals surface area (Å²) in [5, 5.41) is 0. The molecule has 1 aromatic rings. The van der Waals surface area contributed by atoms with Crippen LogP contribution in [0.25, 0.3) is 5.57 Å². The van der Waals surface area contributed by atoms with E-state index in [1.165, 1.54) is 39.5 Å². The van der Waals surface area contributed by atoms with E-state index in [0.29, 0.717) is 5.92 Å². The van der Waals surface area contributed by atoms with Crippen LogP contribution in [0.2, 0.25) is 0 Å². The summed E-state index contributed by atoms with van der Waals surface area (Å²) in [5.41, 5.74) is 8.60. The highest BCUT2D eigenvalue weighted by Gasteiger charge is 2.53. The number of rotatable bonds is 1. The second kappa shape index (κ2) is 5.59. The van der Waals surface area contributed by atoms with Crippen LogP contribution in [0.5, 0.6) is 0 Å². The lowest BCUT2D eigenvalue weighted by Gasteiger charge is -2.38. The van der Waals surface area contributed by atoms with Gasteiger partial charge >= 0.3 is 7.12 Å². The van der Waals surface area contributed by atoms with Gasteiger partial charge in [0.2, 0.25) is 0 Å². The molecule has 26 heavy (non-hydrogen) atoms. The fraction of sp³-hybridized carbons (Fsp3) is 0.545. The molecule has 1 unspecified atom stereocenters. The van der Waals surface area contributed by atoms with Gasteiger partial charge in [0, 0.05) is 4.47 Å². The van der Waals surface area contributed by atoms with Gasteiger partial charge in [-0.15, -0.1) is 0 Å². The van der Waals surface area contributed by atoms with E-state index in [4.69, 9.17) is 9.31 Å². The van der Waals surface area contributed by atoms with Crippen LogP contribution in [-0.4, -0.2) is 18.3 Å². The monoisotopic (exact) mass is 412 g/mol. The van der Waals surface area contributed by atoms with Crippen molar-refractivity contribution >= 4 is 28.6 Å². The number of hydrogen-bond donors (Lipinski definition) is 0. The highest BCUT2D eigenvalue weighted by atomic mass is 79.9. The summed E-state index contributed by atoms with van der Waals surface area (Å²) in [6.07, 6.45) is 8.18. The predicted octanol–water partition coefficient (Wildman–Crippen LogP) is 5.67. The van der Waals surface area contributed by atoms with Crippen LogP contribution in [0.1, 0.15) is 63.6 Å². The zero-order chi connectivity index (χ0) is 18.3.